The van der Waals surface area contributed by atoms with Crippen molar-refractivity contribution in [2.75, 3.05) is 6.61 Å². The Kier molecular flexibility index (Phi) is 2.23. The van der Waals surface area contributed by atoms with Crippen LogP contribution < -0.4 is 4.74 Å². The molecule has 0 saturated carbocycles. The predicted octanol–water partition coefficient (Wildman–Crippen LogP) is 2.14. The first-order valence-electron chi connectivity index (χ1n) is 4.45. The van der Waals surface area contributed by atoms with Gasteiger partial charge >= 0.3 is 0 Å². The van der Waals surface area contributed by atoms with Crippen molar-refractivity contribution in [1.82, 2.24) is 4.98 Å². The second-order valence-corrected chi connectivity index (χ2v) is 3.22. The van der Waals surface area contributed by atoms with Crippen LogP contribution in [0.2, 0.25) is 0 Å². The highest BCUT2D eigenvalue weighted by molar-refractivity contribution is 5.81. The highest BCUT2D eigenvalue weighted by Crippen LogP contribution is 2.19. The Balaban J connectivity index is 2.21. The van der Waals surface area contributed by atoms with Crippen LogP contribution >= 0.6 is 0 Å². The number of hydrogen-bond acceptors (Lipinski definition) is 2. The van der Waals surface area contributed by atoms with Gasteiger partial charge in [0.2, 0.25) is 0 Å². The Morgan fingerprint density at radius 3 is 3.07 bits per heavy atom. The first kappa shape index (κ1) is 8.81. The number of aromatic amines is 1. The minimum atomic E-state index is 0.0246. The van der Waals surface area contributed by atoms with E-state index in [-0.39, 0.29) is 12.4 Å². The molecule has 0 atom stereocenters. The van der Waals surface area contributed by atoms with Crippen molar-refractivity contribution >= 4 is 16.7 Å². The molecule has 72 valence electrons. The first-order valence-corrected chi connectivity index (χ1v) is 4.45. The molecule has 1 N–H and O–H groups in total. The smallest absolute Gasteiger partial charge is 0.167 e. The highest BCUT2D eigenvalue weighted by Gasteiger charge is 1.99. The maximum absolute atomic E-state index is 10.7. The number of carbonyl (C=O) groups excluding carboxylic acids is 1. The van der Waals surface area contributed by atoms with Gasteiger partial charge in [-0.05, 0) is 30.5 Å². The molecule has 1 aromatic heterocycles. The minimum Gasteiger partial charge on any atom is -0.486 e. The van der Waals surface area contributed by atoms with Gasteiger partial charge in [0.25, 0.3) is 0 Å². The van der Waals surface area contributed by atoms with Crippen LogP contribution in [-0.2, 0) is 4.79 Å². The van der Waals surface area contributed by atoms with Crippen LogP contribution in [0.5, 0.6) is 5.75 Å². The SMILES string of the molecule is CC(=O)COc1ccc2cc[nH]c2c1. The van der Waals surface area contributed by atoms with Crippen molar-refractivity contribution in [2.45, 2.75) is 6.92 Å². The van der Waals surface area contributed by atoms with Gasteiger partial charge in [-0.2, -0.15) is 0 Å². The van der Waals surface area contributed by atoms with Crippen molar-refractivity contribution in [2.24, 2.45) is 0 Å². The third kappa shape index (κ3) is 1.76. The fraction of sp³-hybridized carbons (Fsp3) is 0.182. The van der Waals surface area contributed by atoms with Gasteiger partial charge in [0.15, 0.2) is 5.78 Å². The summed E-state index contributed by atoms with van der Waals surface area (Å²) < 4.78 is 5.28. The summed E-state index contributed by atoms with van der Waals surface area (Å²) in [6.45, 7) is 1.64. The monoisotopic (exact) mass is 189 g/mol. The van der Waals surface area contributed by atoms with E-state index in [1.54, 1.807) is 0 Å². The van der Waals surface area contributed by atoms with Crippen LogP contribution in [0.1, 0.15) is 6.92 Å². The molecule has 14 heavy (non-hydrogen) atoms. The summed E-state index contributed by atoms with van der Waals surface area (Å²) in [5, 5.41) is 1.14. The van der Waals surface area contributed by atoms with Crippen molar-refractivity contribution < 1.29 is 9.53 Å². The topological polar surface area (TPSA) is 42.1 Å². The predicted molar refractivity (Wildman–Crippen MR) is 54.5 cm³/mol. The van der Waals surface area contributed by atoms with E-state index in [9.17, 15) is 4.79 Å². The summed E-state index contributed by atoms with van der Waals surface area (Å²) in [6.07, 6.45) is 1.87. The summed E-state index contributed by atoms with van der Waals surface area (Å²) in [5.74, 6) is 0.742. The lowest BCUT2D eigenvalue weighted by molar-refractivity contribution is -0.118. The molecule has 0 aliphatic carbocycles. The van der Waals surface area contributed by atoms with Crippen molar-refractivity contribution in [3.8, 4) is 5.75 Å². The standard InChI is InChI=1S/C11H11NO2/c1-8(13)7-14-10-3-2-9-4-5-12-11(9)6-10/h2-6,12H,7H2,1H3. The van der Waals surface area contributed by atoms with Crippen LogP contribution in [0.15, 0.2) is 30.5 Å². The maximum Gasteiger partial charge on any atom is 0.167 e. The van der Waals surface area contributed by atoms with Gasteiger partial charge in [-0.1, -0.05) is 0 Å². The normalized spacial score (nSPS) is 10.4. The van der Waals surface area contributed by atoms with Crippen LogP contribution in [0.4, 0.5) is 0 Å². The number of aromatic nitrogens is 1. The van der Waals surface area contributed by atoms with Gasteiger partial charge in [-0.25, -0.2) is 0 Å². The van der Waals surface area contributed by atoms with E-state index in [0.29, 0.717) is 0 Å². The summed E-state index contributed by atoms with van der Waals surface area (Å²) in [7, 11) is 0. The highest BCUT2D eigenvalue weighted by atomic mass is 16.5. The zero-order valence-electron chi connectivity index (χ0n) is 7.91. The molecule has 0 spiro atoms. The second kappa shape index (κ2) is 3.54. The molecule has 3 heteroatoms. The Morgan fingerprint density at radius 1 is 1.43 bits per heavy atom. The number of ketones is 1. The number of H-pyrrole nitrogens is 1. The molecule has 3 nitrogen and oxygen atoms in total. The summed E-state index contributed by atoms with van der Waals surface area (Å²) in [5.41, 5.74) is 1.02. The lowest BCUT2D eigenvalue weighted by atomic mass is 10.2. The molecule has 0 fully saturated rings. The number of benzene rings is 1. The molecule has 1 heterocycles. The maximum atomic E-state index is 10.7. The third-order valence-corrected chi connectivity index (χ3v) is 1.97. The number of carbonyl (C=O) groups is 1. The van der Waals surface area contributed by atoms with Crippen LogP contribution in [0.3, 0.4) is 0 Å². The minimum absolute atomic E-state index is 0.0246. The zero-order valence-corrected chi connectivity index (χ0v) is 7.91. The number of ether oxygens (including phenoxy) is 1. The van der Waals surface area contributed by atoms with E-state index in [0.717, 1.165) is 16.7 Å². The first-order chi connectivity index (χ1) is 6.75. The van der Waals surface area contributed by atoms with E-state index in [4.69, 9.17) is 4.74 Å². The van der Waals surface area contributed by atoms with E-state index in [2.05, 4.69) is 4.98 Å². The quantitative estimate of drug-likeness (QED) is 0.803. The molecular weight excluding hydrogens is 178 g/mol. The number of rotatable bonds is 3. The Labute approximate surface area is 81.7 Å². The Morgan fingerprint density at radius 2 is 2.29 bits per heavy atom. The molecule has 0 radical (unpaired) electrons. The van der Waals surface area contributed by atoms with Gasteiger partial charge in [0, 0.05) is 17.8 Å². The lowest BCUT2D eigenvalue weighted by Gasteiger charge is -2.02. The Hall–Kier alpha value is -1.77. The van der Waals surface area contributed by atoms with E-state index < -0.39 is 0 Å². The summed E-state index contributed by atoms with van der Waals surface area (Å²) in [4.78, 5) is 13.8. The summed E-state index contributed by atoms with van der Waals surface area (Å²) in [6, 6.07) is 7.70. The van der Waals surface area contributed by atoms with Gasteiger partial charge < -0.3 is 9.72 Å². The average Bonchev–Trinajstić information content (AvgIpc) is 2.61. The lowest BCUT2D eigenvalue weighted by Crippen LogP contribution is -2.06. The fourth-order valence-electron chi connectivity index (χ4n) is 1.30. The van der Waals surface area contributed by atoms with Crippen LogP contribution in [-0.4, -0.2) is 17.4 Å². The summed E-state index contributed by atoms with van der Waals surface area (Å²) >= 11 is 0. The van der Waals surface area contributed by atoms with E-state index >= 15 is 0 Å². The largest absolute Gasteiger partial charge is 0.486 e. The average molecular weight is 189 g/mol. The van der Waals surface area contributed by atoms with Gasteiger partial charge in [-0.3, -0.25) is 4.79 Å². The molecule has 2 rings (SSSR count). The van der Waals surface area contributed by atoms with Crippen molar-refractivity contribution in [1.29, 1.82) is 0 Å². The van der Waals surface area contributed by atoms with E-state index in [1.165, 1.54) is 6.92 Å². The number of nitrogens with one attached hydrogen (secondary N) is 1. The molecule has 0 saturated heterocycles. The Bertz CT molecular complexity index is 459. The van der Waals surface area contributed by atoms with Crippen molar-refractivity contribution in [3.63, 3.8) is 0 Å². The number of Topliss-reactive ketones (excluding diaryl/α,β-unsaturated/α-hetero) is 1. The number of hydrogen-bond donors (Lipinski definition) is 1. The van der Waals surface area contributed by atoms with Gasteiger partial charge in [-0.15, -0.1) is 0 Å². The molecular formula is C11H11NO2. The van der Waals surface area contributed by atoms with Crippen molar-refractivity contribution in [3.05, 3.63) is 30.5 Å². The van der Waals surface area contributed by atoms with Gasteiger partial charge in [0.1, 0.15) is 12.4 Å². The van der Waals surface area contributed by atoms with Crippen LogP contribution in [0, 0.1) is 0 Å². The second-order valence-electron chi connectivity index (χ2n) is 3.22. The zero-order chi connectivity index (χ0) is 9.97. The molecule has 0 aliphatic heterocycles. The molecule has 0 aliphatic rings. The molecule has 2 aromatic rings. The molecule has 0 bridgehead atoms. The molecule has 0 unspecified atom stereocenters. The fourth-order valence-corrected chi connectivity index (χ4v) is 1.30. The molecule has 0 amide bonds. The molecule has 1 aromatic carbocycles. The third-order valence-electron chi connectivity index (χ3n) is 1.97. The van der Waals surface area contributed by atoms with Crippen LogP contribution in [0.25, 0.3) is 10.9 Å². The van der Waals surface area contributed by atoms with E-state index in [1.807, 2.05) is 30.5 Å². The van der Waals surface area contributed by atoms with Gasteiger partial charge in [0.05, 0.1) is 0 Å². The number of fused-ring (bicyclic) bond motifs is 1.